The van der Waals surface area contributed by atoms with Gasteiger partial charge in [0.15, 0.2) is 0 Å². The molecule has 1 aromatic carbocycles. The zero-order chi connectivity index (χ0) is 16.9. The maximum atomic E-state index is 13.5. The van der Waals surface area contributed by atoms with Gasteiger partial charge in [-0.3, -0.25) is 14.4 Å². The van der Waals surface area contributed by atoms with E-state index in [1.807, 2.05) is 0 Å². The Morgan fingerprint density at radius 1 is 1.32 bits per heavy atom. The molecule has 0 saturated carbocycles. The van der Waals surface area contributed by atoms with E-state index in [0.29, 0.717) is 0 Å². The van der Waals surface area contributed by atoms with Crippen LogP contribution in [0.5, 0.6) is 0 Å². The first-order valence-corrected chi connectivity index (χ1v) is 6.89. The standard InChI is InChI=1S/C14H17ClFN3O3/c1-8(2)17-12(20)7-19(3)14(22)13(21)18-11-5-4-9(15)6-10(11)16/h4-6,8H,7H2,1-3H3,(H,17,20)(H,18,21). The molecule has 0 heterocycles. The molecule has 22 heavy (non-hydrogen) atoms. The molecular formula is C14H17ClFN3O3. The average Bonchev–Trinajstić information content (AvgIpc) is 2.39. The minimum atomic E-state index is -1.04. The summed E-state index contributed by atoms with van der Waals surface area (Å²) in [6.45, 7) is 3.28. The van der Waals surface area contributed by atoms with Crippen LogP contribution in [0.2, 0.25) is 5.02 Å². The molecule has 3 amide bonds. The monoisotopic (exact) mass is 329 g/mol. The Morgan fingerprint density at radius 3 is 2.50 bits per heavy atom. The van der Waals surface area contributed by atoms with E-state index in [9.17, 15) is 18.8 Å². The van der Waals surface area contributed by atoms with E-state index in [4.69, 9.17) is 11.6 Å². The van der Waals surface area contributed by atoms with Gasteiger partial charge in [-0.1, -0.05) is 11.6 Å². The third kappa shape index (κ3) is 5.33. The normalized spacial score (nSPS) is 10.3. The van der Waals surface area contributed by atoms with Crippen LogP contribution in [0, 0.1) is 5.82 Å². The van der Waals surface area contributed by atoms with Crippen LogP contribution in [-0.2, 0) is 14.4 Å². The van der Waals surface area contributed by atoms with Crippen molar-refractivity contribution in [2.45, 2.75) is 19.9 Å². The van der Waals surface area contributed by atoms with Crippen LogP contribution < -0.4 is 10.6 Å². The summed E-state index contributed by atoms with van der Waals surface area (Å²) < 4.78 is 13.5. The Kier molecular flexibility index (Phi) is 6.30. The first kappa shape index (κ1) is 17.9. The van der Waals surface area contributed by atoms with Crippen molar-refractivity contribution < 1.29 is 18.8 Å². The van der Waals surface area contributed by atoms with Crippen LogP contribution in [0.4, 0.5) is 10.1 Å². The van der Waals surface area contributed by atoms with Crippen LogP contribution in [-0.4, -0.2) is 42.3 Å². The number of likely N-dealkylation sites (N-methyl/N-ethyl adjacent to an activating group) is 1. The Hall–Kier alpha value is -2.15. The minimum Gasteiger partial charge on any atom is -0.352 e. The lowest BCUT2D eigenvalue weighted by atomic mass is 10.3. The lowest BCUT2D eigenvalue weighted by Gasteiger charge is -2.17. The molecule has 0 fully saturated rings. The highest BCUT2D eigenvalue weighted by Crippen LogP contribution is 2.18. The number of nitrogens with zero attached hydrogens (tertiary/aromatic N) is 1. The van der Waals surface area contributed by atoms with Gasteiger partial charge in [-0.15, -0.1) is 0 Å². The number of nitrogens with one attached hydrogen (secondary N) is 2. The van der Waals surface area contributed by atoms with Gasteiger partial charge in [-0.05, 0) is 32.0 Å². The summed E-state index contributed by atoms with van der Waals surface area (Å²) in [7, 11) is 1.31. The number of anilines is 1. The molecule has 1 aromatic rings. The highest BCUT2D eigenvalue weighted by molar-refractivity contribution is 6.39. The molecule has 0 aliphatic heterocycles. The van der Waals surface area contributed by atoms with Crippen molar-refractivity contribution in [2.24, 2.45) is 0 Å². The lowest BCUT2D eigenvalue weighted by Crippen LogP contribution is -2.44. The fraction of sp³-hybridized carbons (Fsp3) is 0.357. The second-order valence-corrected chi connectivity index (χ2v) is 5.40. The molecule has 0 radical (unpaired) electrons. The fourth-order valence-electron chi connectivity index (χ4n) is 1.59. The third-order valence-electron chi connectivity index (χ3n) is 2.55. The van der Waals surface area contributed by atoms with Crippen molar-refractivity contribution >= 4 is 35.0 Å². The van der Waals surface area contributed by atoms with Crippen LogP contribution in [0.3, 0.4) is 0 Å². The maximum absolute atomic E-state index is 13.5. The van der Waals surface area contributed by atoms with Gasteiger partial charge in [-0.2, -0.15) is 0 Å². The molecule has 0 atom stereocenters. The van der Waals surface area contributed by atoms with E-state index in [-0.39, 0.29) is 23.3 Å². The van der Waals surface area contributed by atoms with Gasteiger partial charge < -0.3 is 15.5 Å². The first-order chi connectivity index (χ1) is 10.2. The number of amides is 3. The Labute approximate surface area is 132 Å². The summed E-state index contributed by atoms with van der Waals surface area (Å²) in [5.41, 5.74) is -0.164. The average molecular weight is 330 g/mol. The molecule has 0 aromatic heterocycles. The SMILES string of the molecule is CC(C)NC(=O)CN(C)C(=O)C(=O)Nc1ccc(Cl)cc1F. The molecule has 120 valence electrons. The van der Waals surface area contributed by atoms with Crippen molar-refractivity contribution in [2.75, 3.05) is 18.9 Å². The van der Waals surface area contributed by atoms with E-state index < -0.39 is 23.5 Å². The van der Waals surface area contributed by atoms with Gasteiger partial charge in [0, 0.05) is 18.1 Å². The minimum absolute atomic E-state index is 0.0759. The number of rotatable bonds is 4. The van der Waals surface area contributed by atoms with E-state index in [1.54, 1.807) is 13.8 Å². The summed E-state index contributed by atoms with van der Waals surface area (Å²) in [5.74, 6) is -3.14. The number of hydrogen-bond acceptors (Lipinski definition) is 3. The van der Waals surface area contributed by atoms with Gasteiger partial charge in [0.2, 0.25) is 5.91 Å². The fourth-order valence-corrected chi connectivity index (χ4v) is 1.75. The second-order valence-electron chi connectivity index (χ2n) is 4.96. The van der Waals surface area contributed by atoms with Crippen molar-refractivity contribution in [1.29, 1.82) is 0 Å². The van der Waals surface area contributed by atoms with Crippen LogP contribution in [0.25, 0.3) is 0 Å². The van der Waals surface area contributed by atoms with Crippen molar-refractivity contribution in [1.82, 2.24) is 10.2 Å². The number of halogens is 2. The molecule has 0 saturated heterocycles. The Balaban J connectivity index is 2.64. The summed E-state index contributed by atoms with van der Waals surface area (Å²) in [4.78, 5) is 36.1. The van der Waals surface area contributed by atoms with Gasteiger partial charge in [-0.25, -0.2) is 4.39 Å². The number of carbonyl (C=O) groups excluding carboxylic acids is 3. The predicted octanol–water partition coefficient (Wildman–Crippen LogP) is 1.40. The zero-order valence-electron chi connectivity index (χ0n) is 12.4. The first-order valence-electron chi connectivity index (χ1n) is 6.51. The topological polar surface area (TPSA) is 78.5 Å². The van der Waals surface area contributed by atoms with Crippen molar-refractivity contribution in [3.63, 3.8) is 0 Å². The smallest absolute Gasteiger partial charge is 0.313 e. The zero-order valence-corrected chi connectivity index (χ0v) is 13.2. The number of carbonyl (C=O) groups is 3. The quantitative estimate of drug-likeness (QED) is 0.820. The molecule has 0 bridgehead atoms. The lowest BCUT2D eigenvalue weighted by molar-refractivity contribution is -0.143. The van der Waals surface area contributed by atoms with Gasteiger partial charge in [0.25, 0.3) is 0 Å². The van der Waals surface area contributed by atoms with E-state index >= 15 is 0 Å². The van der Waals surface area contributed by atoms with Crippen LogP contribution >= 0.6 is 11.6 Å². The van der Waals surface area contributed by atoms with Crippen LogP contribution in [0.15, 0.2) is 18.2 Å². The molecule has 8 heteroatoms. The van der Waals surface area contributed by atoms with E-state index in [2.05, 4.69) is 10.6 Å². The summed E-state index contributed by atoms with van der Waals surface area (Å²) in [5, 5.41) is 4.90. The number of hydrogen-bond donors (Lipinski definition) is 2. The Bertz CT molecular complexity index is 593. The maximum Gasteiger partial charge on any atom is 0.313 e. The van der Waals surface area contributed by atoms with E-state index in [0.717, 1.165) is 11.0 Å². The highest BCUT2D eigenvalue weighted by Gasteiger charge is 2.22. The molecule has 2 N–H and O–H groups in total. The summed E-state index contributed by atoms with van der Waals surface area (Å²) in [6, 6.07) is 3.56. The summed E-state index contributed by atoms with van der Waals surface area (Å²) >= 11 is 5.59. The third-order valence-corrected chi connectivity index (χ3v) is 2.79. The predicted molar refractivity (Wildman–Crippen MR) is 81.0 cm³/mol. The largest absolute Gasteiger partial charge is 0.352 e. The second kappa shape index (κ2) is 7.74. The van der Waals surface area contributed by atoms with Gasteiger partial charge in [0.1, 0.15) is 5.82 Å². The molecule has 0 spiro atoms. The Morgan fingerprint density at radius 2 is 1.95 bits per heavy atom. The summed E-state index contributed by atoms with van der Waals surface area (Å²) in [6.07, 6.45) is 0. The van der Waals surface area contributed by atoms with Crippen LogP contribution in [0.1, 0.15) is 13.8 Å². The molecule has 0 unspecified atom stereocenters. The van der Waals surface area contributed by atoms with Gasteiger partial charge >= 0.3 is 11.8 Å². The molecule has 0 aliphatic rings. The van der Waals surface area contributed by atoms with Crippen molar-refractivity contribution in [3.05, 3.63) is 29.0 Å². The van der Waals surface area contributed by atoms with E-state index in [1.165, 1.54) is 19.2 Å². The molecule has 6 nitrogen and oxygen atoms in total. The number of benzene rings is 1. The highest BCUT2D eigenvalue weighted by atomic mass is 35.5. The molecule has 1 rings (SSSR count). The van der Waals surface area contributed by atoms with Crippen molar-refractivity contribution in [3.8, 4) is 0 Å². The molecular weight excluding hydrogens is 313 g/mol. The molecule has 0 aliphatic carbocycles. The van der Waals surface area contributed by atoms with Gasteiger partial charge in [0.05, 0.1) is 12.2 Å².